The van der Waals surface area contributed by atoms with Gasteiger partial charge in [-0.1, -0.05) is 29.3 Å². The van der Waals surface area contributed by atoms with Crippen molar-refractivity contribution in [2.45, 2.75) is 12.8 Å². The Morgan fingerprint density at radius 1 is 1.00 bits per heavy atom. The first-order chi connectivity index (χ1) is 10.8. The molecule has 0 bridgehead atoms. The molecule has 23 heavy (non-hydrogen) atoms. The molecule has 2 aromatic rings. The Hall–Kier alpha value is -0.260. The molecule has 0 saturated heterocycles. The van der Waals surface area contributed by atoms with E-state index in [4.69, 9.17) is 40.5 Å². The fourth-order valence-electron chi connectivity index (χ4n) is 1.58. The Morgan fingerprint density at radius 3 is 2.04 bits per heavy atom. The average molecular weight is 502 g/mol. The fraction of sp³-hybridized carbons (Fsp3) is 0.188. The van der Waals surface area contributed by atoms with Crippen molar-refractivity contribution in [2.75, 3.05) is 11.6 Å². The first-order valence-electron chi connectivity index (χ1n) is 6.55. The predicted octanol–water partition coefficient (Wildman–Crippen LogP) is 6.53. The van der Waals surface area contributed by atoms with Gasteiger partial charge in [-0.2, -0.15) is 0 Å². The van der Waals surface area contributed by atoms with Crippen LogP contribution in [0.4, 0.5) is 5.69 Å². The van der Waals surface area contributed by atoms with Crippen molar-refractivity contribution < 1.29 is 4.79 Å². The molecule has 0 aliphatic heterocycles. The van der Waals surface area contributed by atoms with Gasteiger partial charge in [-0.05, 0) is 67.8 Å². The molecule has 0 amide bonds. The number of hydrogen-bond donors (Lipinski definition) is 1. The molecule has 2 nitrogen and oxygen atoms in total. The van der Waals surface area contributed by atoms with E-state index in [1.54, 1.807) is 18.2 Å². The van der Waals surface area contributed by atoms with Crippen LogP contribution >= 0.6 is 66.7 Å². The van der Waals surface area contributed by atoms with E-state index in [0.717, 1.165) is 14.5 Å². The normalized spacial score (nSPS) is 9.96. The molecule has 2 rings (SSSR count). The summed E-state index contributed by atoms with van der Waals surface area (Å²) in [7, 11) is 0. The third-order valence-corrected chi connectivity index (χ3v) is 5.36. The molecular weight excluding hydrogens is 488 g/mol. The second kappa shape index (κ2) is 10.6. The van der Waals surface area contributed by atoms with Crippen molar-refractivity contribution in [3.8, 4) is 0 Å². The van der Waals surface area contributed by atoms with Crippen LogP contribution in [0.15, 0.2) is 45.3 Å². The van der Waals surface area contributed by atoms with Crippen LogP contribution in [0.5, 0.6) is 0 Å². The molecular formula is C16H14Br2Cl3NO. The SMILES string of the molecule is Nc1ccc(Br)c(Cl)c1.O=C(CCCl)Cc1ccc(Br)c(Cl)c1. The third kappa shape index (κ3) is 7.90. The lowest BCUT2D eigenvalue weighted by atomic mass is 10.1. The smallest absolute Gasteiger partial charge is 0.138 e. The van der Waals surface area contributed by atoms with Crippen molar-refractivity contribution in [3.63, 3.8) is 0 Å². The van der Waals surface area contributed by atoms with Crippen LogP contribution < -0.4 is 5.73 Å². The lowest BCUT2D eigenvalue weighted by Crippen LogP contribution is -2.02. The van der Waals surface area contributed by atoms with Gasteiger partial charge in [0.15, 0.2) is 0 Å². The van der Waals surface area contributed by atoms with Crippen LogP contribution in [-0.4, -0.2) is 11.7 Å². The van der Waals surface area contributed by atoms with E-state index < -0.39 is 0 Å². The molecule has 0 spiro atoms. The molecule has 124 valence electrons. The molecule has 0 aliphatic carbocycles. The highest BCUT2D eigenvalue weighted by molar-refractivity contribution is 9.10. The summed E-state index contributed by atoms with van der Waals surface area (Å²) in [6.07, 6.45) is 0.814. The molecule has 2 N–H and O–H groups in total. The minimum Gasteiger partial charge on any atom is -0.399 e. The van der Waals surface area contributed by atoms with Crippen molar-refractivity contribution in [3.05, 3.63) is 61.0 Å². The van der Waals surface area contributed by atoms with Gasteiger partial charge in [-0.15, -0.1) is 11.6 Å². The van der Waals surface area contributed by atoms with Crippen molar-refractivity contribution >= 4 is 78.1 Å². The Bertz CT molecular complexity index is 680. The van der Waals surface area contributed by atoms with Crippen LogP contribution in [0, 0.1) is 0 Å². The Kier molecular flexibility index (Phi) is 9.55. The zero-order chi connectivity index (χ0) is 17.4. The maximum atomic E-state index is 11.3. The first-order valence-corrected chi connectivity index (χ1v) is 9.43. The zero-order valence-electron chi connectivity index (χ0n) is 12.0. The summed E-state index contributed by atoms with van der Waals surface area (Å²) in [6, 6.07) is 10.8. The monoisotopic (exact) mass is 499 g/mol. The van der Waals surface area contributed by atoms with E-state index in [1.165, 1.54) is 0 Å². The number of carbonyl (C=O) groups is 1. The maximum Gasteiger partial charge on any atom is 0.138 e. The lowest BCUT2D eigenvalue weighted by molar-refractivity contribution is -0.118. The number of anilines is 1. The predicted molar refractivity (Wildman–Crippen MR) is 107 cm³/mol. The summed E-state index contributed by atoms with van der Waals surface area (Å²) in [5, 5.41) is 1.27. The third-order valence-electron chi connectivity index (χ3n) is 2.70. The van der Waals surface area contributed by atoms with Gasteiger partial charge < -0.3 is 5.73 Å². The number of benzene rings is 2. The number of carbonyl (C=O) groups excluding carboxylic acids is 1. The quantitative estimate of drug-likeness (QED) is 0.382. The van der Waals surface area contributed by atoms with Gasteiger partial charge in [-0.25, -0.2) is 0 Å². The Labute approximate surface area is 167 Å². The van der Waals surface area contributed by atoms with Crippen molar-refractivity contribution in [1.82, 2.24) is 0 Å². The van der Waals surface area contributed by atoms with Gasteiger partial charge >= 0.3 is 0 Å². The average Bonchev–Trinajstić information content (AvgIpc) is 2.48. The number of halogens is 5. The van der Waals surface area contributed by atoms with Gasteiger partial charge in [0.25, 0.3) is 0 Å². The second-order valence-electron chi connectivity index (χ2n) is 4.58. The van der Waals surface area contributed by atoms with Gasteiger partial charge in [0.2, 0.25) is 0 Å². The summed E-state index contributed by atoms with van der Waals surface area (Å²) < 4.78 is 1.71. The summed E-state index contributed by atoms with van der Waals surface area (Å²) in [6.45, 7) is 0. The molecule has 0 unspecified atom stereocenters. The number of nitrogens with two attached hydrogens (primary N) is 1. The van der Waals surface area contributed by atoms with Crippen LogP contribution in [0.1, 0.15) is 12.0 Å². The Balaban J connectivity index is 0.000000253. The minimum atomic E-state index is 0.137. The maximum absolute atomic E-state index is 11.3. The van der Waals surface area contributed by atoms with Gasteiger partial charge in [0, 0.05) is 33.4 Å². The topological polar surface area (TPSA) is 43.1 Å². The van der Waals surface area contributed by atoms with Gasteiger partial charge in [0.1, 0.15) is 5.78 Å². The number of alkyl halides is 1. The van der Waals surface area contributed by atoms with Crippen LogP contribution in [0.2, 0.25) is 10.0 Å². The van der Waals surface area contributed by atoms with Crippen molar-refractivity contribution in [2.24, 2.45) is 0 Å². The fourth-order valence-corrected chi connectivity index (χ4v) is 2.68. The second-order valence-corrected chi connectivity index (χ2v) is 7.48. The largest absolute Gasteiger partial charge is 0.399 e. The highest BCUT2D eigenvalue weighted by Gasteiger charge is 2.04. The summed E-state index contributed by atoms with van der Waals surface area (Å²) in [5.74, 6) is 0.515. The summed E-state index contributed by atoms with van der Waals surface area (Å²) in [4.78, 5) is 11.3. The van der Waals surface area contributed by atoms with Gasteiger partial charge in [-0.3, -0.25) is 4.79 Å². The van der Waals surface area contributed by atoms with E-state index in [1.807, 2.05) is 18.2 Å². The van der Waals surface area contributed by atoms with Crippen molar-refractivity contribution in [1.29, 1.82) is 0 Å². The molecule has 0 aliphatic rings. The van der Waals surface area contributed by atoms with Crippen LogP contribution in [-0.2, 0) is 11.2 Å². The highest BCUT2D eigenvalue weighted by Crippen LogP contribution is 2.24. The number of rotatable bonds is 4. The van der Waals surface area contributed by atoms with Gasteiger partial charge in [0.05, 0.1) is 10.0 Å². The molecule has 7 heteroatoms. The van der Waals surface area contributed by atoms with E-state index in [-0.39, 0.29) is 5.78 Å². The number of Topliss-reactive ketones (excluding diaryl/α,β-unsaturated/α-hetero) is 1. The van der Waals surface area contributed by atoms with E-state index in [0.29, 0.717) is 34.5 Å². The van der Waals surface area contributed by atoms with E-state index in [9.17, 15) is 4.79 Å². The Morgan fingerprint density at radius 2 is 1.57 bits per heavy atom. The van der Waals surface area contributed by atoms with Crippen LogP contribution in [0.3, 0.4) is 0 Å². The summed E-state index contributed by atoms with van der Waals surface area (Å²) in [5.41, 5.74) is 7.03. The summed E-state index contributed by atoms with van der Waals surface area (Å²) >= 11 is 23.6. The molecule has 0 heterocycles. The molecule has 0 aromatic heterocycles. The number of nitrogen functional groups attached to an aromatic ring is 1. The molecule has 0 fully saturated rings. The molecule has 2 aromatic carbocycles. The molecule has 0 radical (unpaired) electrons. The highest BCUT2D eigenvalue weighted by atomic mass is 79.9. The van der Waals surface area contributed by atoms with Crippen LogP contribution in [0.25, 0.3) is 0 Å². The lowest BCUT2D eigenvalue weighted by Gasteiger charge is -2.01. The standard InChI is InChI=1S/C10H9BrCl2O.C6H5BrClN/c11-9-2-1-7(6-10(9)13)5-8(14)3-4-12;7-5-2-1-4(9)3-6(5)8/h1-2,6H,3-5H2;1-3H,9H2. The number of hydrogen-bond acceptors (Lipinski definition) is 2. The molecule has 0 atom stereocenters. The van der Waals surface area contributed by atoms with E-state index >= 15 is 0 Å². The first kappa shape index (κ1) is 20.8. The number of ketones is 1. The van der Waals surface area contributed by atoms with E-state index in [2.05, 4.69) is 31.9 Å². The zero-order valence-corrected chi connectivity index (χ0v) is 17.4. The minimum absolute atomic E-state index is 0.137. The molecule has 0 saturated carbocycles.